The maximum atomic E-state index is 13.1. The van der Waals surface area contributed by atoms with E-state index in [4.69, 9.17) is 0 Å². The van der Waals surface area contributed by atoms with E-state index in [1.807, 2.05) is 12.1 Å². The number of carbonyl (C=O) groups is 1. The molecule has 0 aliphatic rings. The molecule has 9 heteroatoms. The molecule has 152 valence electrons. The number of halogens is 3. The van der Waals surface area contributed by atoms with Crippen LogP contribution in [0.1, 0.15) is 12.5 Å². The van der Waals surface area contributed by atoms with Crippen LogP contribution in [0.4, 0.5) is 18.9 Å². The number of para-hydroxylation sites is 1. The van der Waals surface area contributed by atoms with E-state index >= 15 is 0 Å². The Morgan fingerprint density at radius 1 is 0.931 bits per heavy atom. The molecule has 0 radical (unpaired) electrons. The van der Waals surface area contributed by atoms with Crippen LogP contribution in [-0.2, 0) is 21.0 Å². The second kappa shape index (κ2) is 7.84. The van der Waals surface area contributed by atoms with Gasteiger partial charge in [-0.15, -0.1) is 0 Å². The molecule has 0 heterocycles. The molecule has 3 aromatic carbocycles. The van der Waals surface area contributed by atoms with Crippen LogP contribution in [0.5, 0.6) is 0 Å². The number of carbonyl (C=O) groups excluding carboxylic acids is 1. The van der Waals surface area contributed by atoms with Gasteiger partial charge in [0.15, 0.2) is 0 Å². The minimum absolute atomic E-state index is 0.0495. The third kappa shape index (κ3) is 4.75. The molecule has 0 aliphatic heterocycles. The van der Waals surface area contributed by atoms with Gasteiger partial charge < -0.3 is 5.32 Å². The number of sulfonamides is 1. The lowest BCUT2D eigenvalue weighted by Gasteiger charge is -2.17. The molecular weight excluding hydrogens is 405 g/mol. The quantitative estimate of drug-likeness (QED) is 0.648. The van der Waals surface area contributed by atoms with Gasteiger partial charge in [0.25, 0.3) is 0 Å². The van der Waals surface area contributed by atoms with Gasteiger partial charge in [0.2, 0.25) is 15.9 Å². The van der Waals surface area contributed by atoms with Crippen LogP contribution in [-0.4, -0.2) is 20.4 Å². The summed E-state index contributed by atoms with van der Waals surface area (Å²) < 4.78 is 66.6. The summed E-state index contributed by atoms with van der Waals surface area (Å²) >= 11 is 0. The fourth-order valence-electron chi connectivity index (χ4n) is 2.77. The zero-order chi connectivity index (χ0) is 21.2. The SMILES string of the molecule is C[C@@H](NS(=O)(=O)c1ccc2ccccc2c1)C(=O)Nc1ccccc1C(F)(F)F. The first-order valence-corrected chi connectivity index (χ1v) is 10.0. The van der Waals surface area contributed by atoms with Crippen molar-refractivity contribution >= 4 is 32.4 Å². The summed E-state index contributed by atoms with van der Waals surface area (Å²) in [5.41, 5.74) is -1.46. The molecule has 2 N–H and O–H groups in total. The van der Waals surface area contributed by atoms with Crippen molar-refractivity contribution in [2.45, 2.75) is 24.0 Å². The van der Waals surface area contributed by atoms with Crippen molar-refractivity contribution in [1.82, 2.24) is 4.72 Å². The molecule has 0 spiro atoms. The van der Waals surface area contributed by atoms with Crippen LogP contribution in [0.15, 0.2) is 71.6 Å². The fraction of sp³-hybridized carbons (Fsp3) is 0.150. The Labute approximate surface area is 165 Å². The maximum absolute atomic E-state index is 13.1. The number of amides is 1. The molecule has 0 fully saturated rings. The molecule has 0 unspecified atom stereocenters. The van der Waals surface area contributed by atoms with E-state index in [2.05, 4.69) is 10.0 Å². The van der Waals surface area contributed by atoms with Crippen LogP contribution >= 0.6 is 0 Å². The molecule has 1 amide bonds. The van der Waals surface area contributed by atoms with Gasteiger partial charge >= 0.3 is 6.18 Å². The highest BCUT2D eigenvalue weighted by molar-refractivity contribution is 7.89. The molecule has 3 rings (SSSR count). The van der Waals surface area contributed by atoms with Gasteiger partial charge in [0.05, 0.1) is 22.2 Å². The van der Waals surface area contributed by atoms with Gasteiger partial charge in [-0.05, 0) is 42.0 Å². The molecule has 0 aromatic heterocycles. The van der Waals surface area contributed by atoms with Gasteiger partial charge in [0.1, 0.15) is 0 Å². The number of benzene rings is 3. The van der Waals surface area contributed by atoms with Crippen LogP contribution in [0.3, 0.4) is 0 Å². The van der Waals surface area contributed by atoms with Gasteiger partial charge in [-0.2, -0.15) is 17.9 Å². The van der Waals surface area contributed by atoms with E-state index in [1.54, 1.807) is 18.2 Å². The molecule has 29 heavy (non-hydrogen) atoms. The van der Waals surface area contributed by atoms with E-state index < -0.39 is 39.4 Å². The molecular formula is C20H17F3N2O3S. The average molecular weight is 422 g/mol. The number of hydrogen-bond donors (Lipinski definition) is 2. The lowest BCUT2D eigenvalue weighted by Crippen LogP contribution is -2.41. The summed E-state index contributed by atoms with van der Waals surface area (Å²) in [6.45, 7) is 1.25. The molecule has 5 nitrogen and oxygen atoms in total. The summed E-state index contributed by atoms with van der Waals surface area (Å²) in [5.74, 6) is -0.911. The predicted molar refractivity (Wildman–Crippen MR) is 104 cm³/mol. The third-order valence-electron chi connectivity index (χ3n) is 4.25. The van der Waals surface area contributed by atoms with Crippen molar-refractivity contribution in [1.29, 1.82) is 0 Å². The van der Waals surface area contributed by atoms with E-state index in [1.165, 1.54) is 31.2 Å². The average Bonchev–Trinajstić information content (AvgIpc) is 2.66. The van der Waals surface area contributed by atoms with Gasteiger partial charge in [0, 0.05) is 0 Å². The molecule has 0 aliphatic carbocycles. The Kier molecular flexibility index (Phi) is 5.63. The third-order valence-corrected chi connectivity index (χ3v) is 5.79. The highest BCUT2D eigenvalue weighted by Gasteiger charge is 2.34. The molecule has 0 saturated heterocycles. The minimum Gasteiger partial charge on any atom is -0.324 e. The maximum Gasteiger partial charge on any atom is 0.418 e. The van der Waals surface area contributed by atoms with Crippen molar-refractivity contribution in [3.05, 3.63) is 72.3 Å². The molecule has 0 bridgehead atoms. The topological polar surface area (TPSA) is 75.3 Å². The monoisotopic (exact) mass is 422 g/mol. The van der Waals surface area contributed by atoms with E-state index in [-0.39, 0.29) is 4.90 Å². The van der Waals surface area contributed by atoms with Gasteiger partial charge in [-0.25, -0.2) is 8.42 Å². The van der Waals surface area contributed by atoms with Crippen LogP contribution in [0.25, 0.3) is 10.8 Å². The predicted octanol–water partition coefficient (Wildman–Crippen LogP) is 4.16. The van der Waals surface area contributed by atoms with Gasteiger partial charge in [-0.3, -0.25) is 4.79 Å². The van der Waals surface area contributed by atoms with Crippen molar-refractivity contribution in [2.75, 3.05) is 5.32 Å². The Hall–Kier alpha value is -2.91. The first-order chi connectivity index (χ1) is 13.6. The van der Waals surface area contributed by atoms with Crippen LogP contribution < -0.4 is 10.0 Å². The second-order valence-corrected chi connectivity index (χ2v) is 8.10. The molecule has 0 saturated carbocycles. The zero-order valence-corrected chi connectivity index (χ0v) is 16.0. The minimum atomic E-state index is -4.66. The second-order valence-electron chi connectivity index (χ2n) is 6.38. The van der Waals surface area contributed by atoms with Crippen molar-refractivity contribution in [3.8, 4) is 0 Å². The number of rotatable bonds is 5. The van der Waals surface area contributed by atoms with E-state index in [0.29, 0.717) is 5.39 Å². The molecule has 3 aromatic rings. The standard InChI is InChI=1S/C20H17F3N2O3S/c1-13(19(26)24-18-9-5-4-8-17(18)20(21,22)23)25-29(27,28)16-11-10-14-6-2-3-7-15(14)12-16/h2-13,25H,1H3,(H,24,26)/t13-/m1/s1. The van der Waals surface area contributed by atoms with Crippen molar-refractivity contribution in [2.24, 2.45) is 0 Å². The number of alkyl halides is 3. The fourth-order valence-corrected chi connectivity index (χ4v) is 4.01. The summed E-state index contributed by atoms with van der Waals surface area (Å²) in [4.78, 5) is 12.3. The Morgan fingerprint density at radius 2 is 1.55 bits per heavy atom. The Bertz CT molecular complexity index is 1160. The lowest BCUT2D eigenvalue weighted by molar-refractivity contribution is -0.137. The summed E-state index contributed by atoms with van der Waals surface area (Å²) in [6.07, 6.45) is -4.66. The first kappa shape index (κ1) is 20.8. The number of nitrogens with one attached hydrogen (secondary N) is 2. The first-order valence-electron chi connectivity index (χ1n) is 8.56. The van der Waals surface area contributed by atoms with Gasteiger partial charge in [-0.1, -0.05) is 42.5 Å². The zero-order valence-electron chi connectivity index (χ0n) is 15.2. The molecule has 1 atom stereocenters. The largest absolute Gasteiger partial charge is 0.418 e. The number of anilines is 1. The summed E-state index contributed by atoms with van der Waals surface area (Å²) in [6, 6.07) is 14.8. The highest BCUT2D eigenvalue weighted by Crippen LogP contribution is 2.34. The Morgan fingerprint density at radius 3 is 2.24 bits per heavy atom. The Balaban J connectivity index is 1.78. The smallest absolute Gasteiger partial charge is 0.324 e. The lowest BCUT2D eigenvalue weighted by atomic mass is 10.1. The van der Waals surface area contributed by atoms with Crippen molar-refractivity contribution in [3.63, 3.8) is 0 Å². The van der Waals surface area contributed by atoms with Crippen LogP contribution in [0.2, 0.25) is 0 Å². The summed E-state index contributed by atoms with van der Waals surface area (Å²) in [5, 5.41) is 3.68. The van der Waals surface area contributed by atoms with Crippen LogP contribution in [0, 0.1) is 0 Å². The van der Waals surface area contributed by atoms with E-state index in [9.17, 15) is 26.4 Å². The van der Waals surface area contributed by atoms with Crippen molar-refractivity contribution < 1.29 is 26.4 Å². The highest BCUT2D eigenvalue weighted by atomic mass is 32.2. The summed E-state index contributed by atoms with van der Waals surface area (Å²) in [7, 11) is -4.06. The van der Waals surface area contributed by atoms with E-state index in [0.717, 1.165) is 17.5 Å². The normalized spacial score (nSPS) is 13.2. The number of fused-ring (bicyclic) bond motifs is 1. The number of hydrogen-bond acceptors (Lipinski definition) is 3.